The van der Waals surface area contributed by atoms with E-state index in [0.29, 0.717) is 0 Å². The van der Waals surface area contributed by atoms with E-state index in [-0.39, 0.29) is 0 Å². The molecule has 0 aliphatic rings. The van der Waals surface area contributed by atoms with Gasteiger partial charge >= 0.3 is 0 Å². The minimum absolute atomic E-state index is 1.08. The third-order valence-corrected chi connectivity index (χ3v) is 12.8. The first-order valence-electron chi connectivity index (χ1n) is 22.0. The summed E-state index contributed by atoms with van der Waals surface area (Å²) < 4.78 is 2.43. The van der Waals surface area contributed by atoms with E-state index in [4.69, 9.17) is 0 Å². The molecule has 0 unspecified atom stereocenters. The molecule has 11 aromatic carbocycles. The van der Waals surface area contributed by atoms with Gasteiger partial charge in [0.05, 0.1) is 16.7 Å². The average Bonchev–Trinajstić information content (AvgIpc) is 3.71. The van der Waals surface area contributed by atoms with Gasteiger partial charge in [-0.1, -0.05) is 194 Å². The van der Waals surface area contributed by atoms with Crippen molar-refractivity contribution in [2.24, 2.45) is 0 Å². The van der Waals surface area contributed by atoms with Crippen molar-refractivity contribution in [2.75, 3.05) is 4.90 Å². The number of fused-ring (bicyclic) bond motifs is 5. The maximum absolute atomic E-state index is 2.43. The van der Waals surface area contributed by atoms with Gasteiger partial charge in [0, 0.05) is 33.4 Å². The lowest BCUT2D eigenvalue weighted by molar-refractivity contribution is 1.18. The standard InChI is InChI=1S/C62H42N2/c1-2-17-47(18-3-1)59-42-54(37-38-55(59)56-23-8-11-26-60(56)64-61-27-12-9-24-57(61)58-25-10-13-28-62(58)64)63(53-36-35-44-16-5-7-20-49(44)41-53)52-22-14-21-50(40-52)45-29-31-46(32-30-45)51-34-33-43-15-4-6-19-48(43)39-51/h1-42H. The van der Waals surface area contributed by atoms with E-state index in [1.165, 1.54) is 71.2 Å². The van der Waals surface area contributed by atoms with E-state index in [1.54, 1.807) is 0 Å². The molecule has 0 N–H and O–H groups in total. The van der Waals surface area contributed by atoms with Crippen LogP contribution in [0.1, 0.15) is 0 Å². The number of para-hydroxylation sites is 3. The van der Waals surface area contributed by atoms with Gasteiger partial charge in [-0.15, -0.1) is 0 Å². The van der Waals surface area contributed by atoms with Gasteiger partial charge in [-0.25, -0.2) is 0 Å². The van der Waals surface area contributed by atoms with Gasteiger partial charge in [0.15, 0.2) is 0 Å². The summed E-state index contributed by atoms with van der Waals surface area (Å²) in [5, 5.41) is 7.42. The van der Waals surface area contributed by atoms with Crippen molar-refractivity contribution in [2.45, 2.75) is 0 Å². The fourth-order valence-electron chi connectivity index (χ4n) is 9.65. The predicted octanol–water partition coefficient (Wildman–Crippen LogP) is 17.2. The summed E-state index contributed by atoms with van der Waals surface area (Å²) in [5.74, 6) is 0. The Balaban J connectivity index is 1.01. The van der Waals surface area contributed by atoms with E-state index < -0.39 is 0 Å². The van der Waals surface area contributed by atoms with Crippen molar-refractivity contribution in [3.8, 4) is 50.2 Å². The highest BCUT2D eigenvalue weighted by molar-refractivity contribution is 6.10. The van der Waals surface area contributed by atoms with Crippen LogP contribution in [0, 0.1) is 0 Å². The van der Waals surface area contributed by atoms with Crippen LogP contribution in [0.4, 0.5) is 17.1 Å². The summed E-state index contributed by atoms with van der Waals surface area (Å²) in [7, 11) is 0. The molecule has 2 heteroatoms. The van der Waals surface area contributed by atoms with Crippen LogP contribution in [-0.4, -0.2) is 4.57 Å². The molecular weight excluding hydrogens is 773 g/mol. The molecule has 2 nitrogen and oxygen atoms in total. The SMILES string of the molecule is c1ccc(-c2cc(N(c3cccc(-c4ccc(-c5ccc6ccccc6c5)cc4)c3)c3ccc4ccccc4c3)ccc2-c2ccccc2-n2c3ccccc3c3ccccc32)cc1. The number of benzene rings is 11. The van der Waals surface area contributed by atoms with Crippen LogP contribution in [-0.2, 0) is 0 Å². The summed E-state index contributed by atoms with van der Waals surface area (Å²) in [6.45, 7) is 0. The molecule has 0 saturated heterocycles. The van der Waals surface area contributed by atoms with Crippen LogP contribution < -0.4 is 4.90 Å². The van der Waals surface area contributed by atoms with Gasteiger partial charge in [0.25, 0.3) is 0 Å². The molecule has 0 bridgehead atoms. The number of rotatable bonds is 8. The Hall–Kier alpha value is -8.46. The second kappa shape index (κ2) is 15.8. The average molecular weight is 815 g/mol. The Morgan fingerprint density at radius 3 is 1.47 bits per heavy atom. The van der Waals surface area contributed by atoms with Crippen molar-refractivity contribution in [3.63, 3.8) is 0 Å². The monoisotopic (exact) mass is 814 g/mol. The van der Waals surface area contributed by atoms with Crippen molar-refractivity contribution < 1.29 is 0 Å². The summed E-state index contributed by atoms with van der Waals surface area (Å²) >= 11 is 0. The zero-order valence-electron chi connectivity index (χ0n) is 35.1. The molecule has 12 aromatic rings. The fourth-order valence-corrected chi connectivity index (χ4v) is 9.65. The Morgan fingerprint density at radius 2 is 0.750 bits per heavy atom. The smallest absolute Gasteiger partial charge is 0.0541 e. The molecule has 0 atom stereocenters. The Morgan fingerprint density at radius 1 is 0.250 bits per heavy atom. The molecule has 64 heavy (non-hydrogen) atoms. The summed E-state index contributed by atoms with van der Waals surface area (Å²) in [6, 6.07) is 92.8. The highest BCUT2D eigenvalue weighted by Gasteiger charge is 2.21. The van der Waals surface area contributed by atoms with Crippen LogP contribution in [0.15, 0.2) is 255 Å². The summed E-state index contributed by atoms with van der Waals surface area (Å²) in [4.78, 5) is 2.41. The van der Waals surface area contributed by atoms with Crippen LogP contribution in [0.25, 0.3) is 93.5 Å². The second-order valence-corrected chi connectivity index (χ2v) is 16.5. The molecule has 12 rings (SSSR count). The third kappa shape index (κ3) is 6.61. The minimum atomic E-state index is 1.08. The predicted molar refractivity (Wildman–Crippen MR) is 272 cm³/mol. The molecule has 0 aliphatic heterocycles. The largest absolute Gasteiger partial charge is 0.310 e. The van der Waals surface area contributed by atoms with Gasteiger partial charge in [-0.05, 0) is 121 Å². The van der Waals surface area contributed by atoms with Gasteiger partial charge in [0.2, 0.25) is 0 Å². The van der Waals surface area contributed by atoms with E-state index >= 15 is 0 Å². The number of aromatic nitrogens is 1. The Kier molecular flexibility index (Phi) is 9.20. The topological polar surface area (TPSA) is 8.17 Å². The molecule has 0 amide bonds. The normalized spacial score (nSPS) is 11.4. The lowest BCUT2D eigenvalue weighted by Crippen LogP contribution is -2.10. The summed E-state index contributed by atoms with van der Waals surface area (Å²) in [6.07, 6.45) is 0. The maximum Gasteiger partial charge on any atom is 0.0541 e. The van der Waals surface area contributed by atoms with Gasteiger partial charge < -0.3 is 9.47 Å². The van der Waals surface area contributed by atoms with Crippen LogP contribution in [0.2, 0.25) is 0 Å². The maximum atomic E-state index is 2.43. The van der Waals surface area contributed by atoms with E-state index in [9.17, 15) is 0 Å². The minimum Gasteiger partial charge on any atom is -0.310 e. The number of nitrogens with zero attached hydrogens (tertiary/aromatic N) is 2. The highest BCUT2D eigenvalue weighted by atomic mass is 15.1. The van der Waals surface area contributed by atoms with E-state index in [0.717, 1.165) is 39.4 Å². The Labute approximate surface area is 373 Å². The molecule has 0 spiro atoms. The molecular formula is C62H42N2. The van der Waals surface area contributed by atoms with Crippen LogP contribution >= 0.6 is 0 Å². The van der Waals surface area contributed by atoms with Crippen molar-refractivity contribution in [1.29, 1.82) is 0 Å². The molecule has 0 fully saturated rings. The number of hydrogen-bond acceptors (Lipinski definition) is 1. The number of anilines is 3. The second-order valence-electron chi connectivity index (χ2n) is 16.5. The molecule has 0 radical (unpaired) electrons. The lowest BCUT2D eigenvalue weighted by Gasteiger charge is -2.28. The van der Waals surface area contributed by atoms with Crippen LogP contribution in [0.5, 0.6) is 0 Å². The van der Waals surface area contributed by atoms with Gasteiger partial charge in [-0.3, -0.25) is 0 Å². The first-order valence-corrected chi connectivity index (χ1v) is 22.0. The molecule has 1 heterocycles. The molecule has 0 aliphatic carbocycles. The van der Waals surface area contributed by atoms with Crippen LogP contribution in [0.3, 0.4) is 0 Å². The van der Waals surface area contributed by atoms with Crippen molar-refractivity contribution >= 4 is 60.4 Å². The quantitative estimate of drug-likeness (QED) is 0.148. The first kappa shape index (κ1) is 37.3. The van der Waals surface area contributed by atoms with E-state index in [1.807, 2.05) is 0 Å². The molecule has 300 valence electrons. The van der Waals surface area contributed by atoms with E-state index in [2.05, 4.69) is 264 Å². The Bertz CT molecular complexity index is 3620. The lowest BCUT2D eigenvalue weighted by atomic mass is 9.92. The number of hydrogen-bond donors (Lipinski definition) is 0. The van der Waals surface area contributed by atoms with Gasteiger partial charge in [0.1, 0.15) is 0 Å². The third-order valence-electron chi connectivity index (χ3n) is 12.8. The first-order chi connectivity index (χ1) is 31.7. The fraction of sp³-hybridized carbons (Fsp3) is 0. The zero-order valence-corrected chi connectivity index (χ0v) is 35.1. The molecule has 0 saturated carbocycles. The van der Waals surface area contributed by atoms with Gasteiger partial charge in [-0.2, -0.15) is 0 Å². The van der Waals surface area contributed by atoms with Crippen molar-refractivity contribution in [3.05, 3.63) is 255 Å². The van der Waals surface area contributed by atoms with Crippen molar-refractivity contribution in [1.82, 2.24) is 4.57 Å². The zero-order chi connectivity index (χ0) is 42.4. The molecule has 1 aromatic heterocycles. The summed E-state index contributed by atoms with van der Waals surface area (Å²) in [5.41, 5.74) is 16.2. The highest BCUT2D eigenvalue weighted by Crippen LogP contribution is 2.44.